The largest absolute Gasteiger partial charge is 0.493 e. The lowest BCUT2D eigenvalue weighted by Crippen LogP contribution is -2.18. The second-order valence-corrected chi connectivity index (χ2v) is 7.44. The Bertz CT molecular complexity index is 805. The second kappa shape index (κ2) is 11.7. The molecule has 0 bridgehead atoms. The van der Waals surface area contributed by atoms with Crippen LogP contribution in [-0.4, -0.2) is 44.4 Å². The lowest BCUT2D eigenvalue weighted by Gasteiger charge is -2.07. The summed E-state index contributed by atoms with van der Waals surface area (Å²) in [6.45, 7) is 9.96. The second-order valence-electron chi connectivity index (χ2n) is 7.44. The Kier molecular flexibility index (Phi) is 8.65. The summed E-state index contributed by atoms with van der Waals surface area (Å²) >= 11 is 0. The van der Waals surface area contributed by atoms with E-state index in [1.54, 1.807) is 0 Å². The van der Waals surface area contributed by atoms with Crippen LogP contribution in [0.2, 0.25) is 0 Å². The summed E-state index contributed by atoms with van der Waals surface area (Å²) in [5, 5.41) is 9.23. The molecule has 3 N–H and O–H groups in total. The first kappa shape index (κ1) is 21.5. The van der Waals surface area contributed by atoms with Gasteiger partial charge in [-0.3, -0.25) is 0 Å². The van der Waals surface area contributed by atoms with Crippen molar-refractivity contribution in [2.45, 2.75) is 39.5 Å². The minimum absolute atomic E-state index is 0.730. The number of H-pyrrole nitrogens is 1. The van der Waals surface area contributed by atoms with Crippen LogP contribution < -0.4 is 20.1 Å². The van der Waals surface area contributed by atoms with Crippen molar-refractivity contribution in [1.82, 2.24) is 15.6 Å². The number of ether oxygens (including phenoxy) is 2. The normalized spacial score (nSPS) is 11.4. The first-order chi connectivity index (χ1) is 14.3. The van der Waals surface area contributed by atoms with E-state index < -0.39 is 0 Å². The molecule has 0 saturated heterocycles. The predicted octanol–water partition coefficient (Wildman–Crippen LogP) is 4.86. The van der Waals surface area contributed by atoms with Gasteiger partial charge in [0.25, 0.3) is 0 Å². The SMILES string of the molecule is CCCNCCCOc1ccc2c(c1)[nH]c1cc(OCCCNCCC)ccc12. The van der Waals surface area contributed by atoms with Crippen molar-refractivity contribution in [1.29, 1.82) is 0 Å². The molecule has 0 aliphatic rings. The van der Waals surface area contributed by atoms with Crippen molar-refractivity contribution in [3.8, 4) is 11.5 Å². The zero-order chi connectivity index (χ0) is 20.3. The molecular weight excluding hydrogens is 362 g/mol. The maximum Gasteiger partial charge on any atom is 0.121 e. The molecule has 2 aromatic carbocycles. The van der Waals surface area contributed by atoms with E-state index in [2.05, 4.69) is 65.9 Å². The number of nitrogens with one attached hydrogen (secondary N) is 3. The highest BCUT2D eigenvalue weighted by Gasteiger charge is 2.07. The van der Waals surface area contributed by atoms with Crippen molar-refractivity contribution in [2.75, 3.05) is 39.4 Å². The van der Waals surface area contributed by atoms with Crippen LogP contribution in [0, 0.1) is 0 Å². The zero-order valence-electron chi connectivity index (χ0n) is 17.9. The van der Waals surface area contributed by atoms with Crippen LogP contribution in [0.1, 0.15) is 39.5 Å². The molecule has 0 aliphatic carbocycles. The summed E-state index contributed by atoms with van der Waals surface area (Å²) in [6.07, 6.45) is 4.36. The van der Waals surface area contributed by atoms with E-state index in [1.807, 2.05) is 0 Å². The van der Waals surface area contributed by atoms with Gasteiger partial charge in [0.15, 0.2) is 0 Å². The maximum absolute atomic E-state index is 5.92. The van der Waals surface area contributed by atoms with Crippen LogP contribution in [0.25, 0.3) is 21.8 Å². The van der Waals surface area contributed by atoms with Gasteiger partial charge in [0, 0.05) is 22.9 Å². The Hall–Kier alpha value is -2.24. The topological polar surface area (TPSA) is 58.3 Å². The maximum atomic E-state index is 5.92. The van der Waals surface area contributed by atoms with E-state index >= 15 is 0 Å². The van der Waals surface area contributed by atoms with Gasteiger partial charge in [-0.25, -0.2) is 0 Å². The molecular formula is C24H35N3O2. The fourth-order valence-corrected chi connectivity index (χ4v) is 3.43. The molecule has 0 saturated carbocycles. The van der Waals surface area contributed by atoms with E-state index in [0.717, 1.165) is 74.8 Å². The Morgan fingerprint density at radius 1 is 0.690 bits per heavy atom. The van der Waals surface area contributed by atoms with E-state index in [4.69, 9.17) is 9.47 Å². The van der Waals surface area contributed by atoms with E-state index in [9.17, 15) is 0 Å². The van der Waals surface area contributed by atoms with Crippen molar-refractivity contribution in [3.05, 3.63) is 36.4 Å². The van der Waals surface area contributed by atoms with Crippen LogP contribution in [-0.2, 0) is 0 Å². The smallest absolute Gasteiger partial charge is 0.121 e. The van der Waals surface area contributed by atoms with E-state index in [-0.39, 0.29) is 0 Å². The van der Waals surface area contributed by atoms with Crippen molar-refractivity contribution in [2.24, 2.45) is 0 Å². The van der Waals surface area contributed by atoms with Gasteiger partial charge in [-0.2, -0.15) is 0 Å². The molecule has 0 spiro atoms. The Balaban J connectivity index is 1.56. The molecule has 1 heterocycles. The van der Waals surface area contributed by atoms with Gasteiger partial charge in [0.1, 0.15) is 11.5 Å². The third-order valence-corrected chi connectivity index (χ3v) is 4.93. The number of aromatic nitrogens is 1. The monoisotopic (exact) mass is 397 g/mol. The standard InChI is InChI=1S/C24H35N3O2/c1-3-11-25-13-5-15-28-19-7-9-21-22-10-8-20(18-24(22)27-23(21)17-19)29-16-6-14-26-12-4-2/h7-10,17-18,25-27H,3-6,11-16H2,1-2H3. The summed E-state index contributed by atoms with van der Waals surface area (Å²) in [5.74, 6) is 1.83. The van der Waals surface area contributed by atoms with E-state index in [1.165, 1.54) is 23.6 Å². The first-order valence-corrected chi connectivity index (χ1v) is 11.0. The molecule has 0 amide bonds. The summed E-state index contributed by atoms with van der Waals surface area (Å²) in [7, 11) is 0. The van der Waals surface area contributed by atoms with Crippen LogP contribution in [0.15, 0.2) is 36.4 Å². The third kappa shape index (κ3) is 6.38. The molecule has 0 fully saturated rings. The molecule has 1 aromatic heterocycles. The van der Waals surface area contributed by atoms with Gasteiger partial charge >= 0.3 is 0 Å². The number of aromatic amines is 1. The Morgan fingerprint density at radius 3 is 1.62 bits per heavy atom. The lowest BCUT2D eigenvalue weighted by molar-refractivity contribution is 0.308. The number of benzene rings is 2. The fraction of sp³-hybridized carbons (Fsp3) is 0.500. The summed E-state index contributed by atoms with van der Waals surface area (Å²) in [6, 6.07) is 12.6. The predicted molar refractivity (Wildman–Crippen MR) is 122 cm³/mol. The zero-order valence-corrected chi connectivity index (χ0v) is 17.9. The molecule has 0 unspecified atom stereocenters. The minimum atomic E-state index is 0.730. The van der Waals surface area contributed by atoms with Gasteiger partial charge < -0.3 is 25.1 Å². The first-order valence-electron chi connectivity index (χ1n) is 11.0. The van der Waals surface area contributed by atoms with Gasteiger partial charge in [0.05, 0.1) is 24.2 Å². The fourth-order valence-electron chi connectivity index (χ4n) is 3.43. The molecule has 3 rings (SSSR count). The number of rotatable bonds is 14. The number of hydrogen-bond donors (Lipinski definition) is 3. The average molecular weight is 398 g/mol. The van der Waals surface area contributed by atoms with Crippen LogP contribution >= 0.6 is 0 Å². The highest BCUT2D eigenvalue weighted by molar-refractivity contribution is 6.07. The van der Waals surface area contributed by atoms with Crippen molar-refractivity contribution in [3.63, 3.8) is 0 Å². The molecule has 5 nitrogen and oxygen atoms in total. The lowest BCUT2D eigenvalue weighted by atomic mass is 10.1. The van der Waals surface area contributed by atoms with Gasteiger partial charge in [0.2, 0.25) is 0 Å². The van der Waals surface area contributed by atoms with E-state index in [0.29, 0.717) is 0 Å². The number of fused-ring (bicyclic) bond motifs is 3. The highest BCUT2D eigenvalue weighted by Crippen LogP contribution is 2.30. The van der Waals surface area contributed by atoms with Crippen LogP contribution in [0.3, 0.4) is 0 Å². The summed E-state index contributed by atoms with van der Waals surface area (Å²) in [4.78, 5) is 3.51. The van der Waals surface area contributed by atoms with Crippen LogP contribution in [0.4, 0.5) is 0 Å². The van der Waals surface area contributed by atoms with Crippen LogP contribution in [0.5, 0.6) is 11.5 Å². The van der Waals surface area contributed by atoms with Crippen molar-refractivity contribution < 1.29 is 9.47 Å². The van der Waals surface area contributed by atoms with Crippen molar-refractivity contribution >= 4 is 21.8 Å². The van der Waals surface area contributed by atoms with Gasteiger partial charge in [-0.05, 0) is 76.1 Å². The average Bonchev–Trinajstić information content (AvgIpc) is 3.10. The van der Waals surface area contributed by atoms with Gasteiger partial charge in [-0.1, -0.05) is 13.8 Å². The Labute approximate surface area is 174 Å². The summed E-state index contributed by atoms with van der Waals surface area (Å²) < 4.78 is 11.8. The molecule has 29 heavy (non-hydrogen) atoms. The molecule has 0 aliphatic heterocycles. The highest BCUT2D eigenvalue weighted by atomic mass is 16.5. The molecule has 3 aromatic rings. The Morgan fingerprint density at radius 2 is 1.17 bits per heavy atom. The molecule has 0 atom stereocenters. The quantitative estimate of drug-likeness (QED) is 0.340. The molecule has 158 valence electrons. The molecule has 5 heteroatoms. The minimum Gasteiger partial charge on any atom is -0.493 e. The van der Waals surface area contributed by atoms with Gasteiger partial charge in [-0.15, -0.1) is 0 Å². The number of hydrogen-bond acceptors (Lipinski definition) is 4. The summed E-state index contributed by atoms with van der Waals surface area (Å²) in [5.41, 5.74) is 2.20. The molecule has 0 radical (unpaired) electrons. The third-order valence-electron chi connectivity index (χ3n) is 4.93.